The summed E-state index contributed by atoms with van der Waals surface area (Å²) in [5, 5.41) is 40.6. The molecule has 0 radical (unpaired) electrons. The molecule has 0 bridgehead atoms. The first kappa shape index (κ1) is 15.9. The number of ether oxygens (including phenoxy) is 1. The third-order valence-electron chi connectivity index (χ3n) is 3.40. The molecular formula is C14H19NO6. The van der Waals surface area contributed by atoms with Crippen molar-refractivity contribution in [2.24, 2.45) is 0 Å². The Labute approximate surface area is 121 Å². The Kier molecular flexibility index (Phi) is 5.27. The van der Waals surface area contributed by atoms with E-state index in [0.29, 0.717) is 0 Å². The van der Waals surface area contributed by atoms with Gasteiger partial charge in [0.15, 0.2) is 6.23 Å². The number of aliphatic hydroxyl groups excluding tert-OH is 4. The van der Waals surface area contributed by atoms with E-state index < -0.39 is 43.2 Å². The molecule has 0 aromatic heterocycles. The van der Waals surface area contributed by atoms with Gasteiger partial charge in [-0.25, -0.2) is 0 Å². The third kappa shape index (κ3) is 3.78. The molecule has 1 aliphatic rings. The van der Waals surface area contributed by atoms with Gasteiger partial charge in [-0.2, -0.15) is 0 Å². The standard InChI is InChI=1S/C14H19NO6/c16-7-9-11(18)12(19)13(20)14(21-9)15-10(17)6-8-4-2-1-3-5-8/h1-5,9,11-14,16,18-20H,6-7H2,(H,15,17)/t9-,11-,12+,13-,14-/m1/s1. The van der Waals surface area contributed by atoms with Crippen LogP contribution in [0.1, 0.15) is 5.56 Å². The number of amides is 1. The molecule has 1 amide bonds. The number of carbonyl (C=O) groups excluding carboxylic acids is 1. The number of nitrogens with one attached hydrogen (secondary N) is 1. The molecule has 1 saturated heterocycles. The van der Waals surface area contributed by atoms with Gasteiger partial charge in [-0.15, -0.1) is 0 Å². The highest BCUT2D eigenvalue weighted by Gasteiger charge is 2.43. The summed E-state index contributed by atoms with van der Waals surface area (Å²) >= 11 is 0. The molecule has 0 unspecified atom stereocenters. The van der Waals surface area contributed by atoms with Crippen LogP contribution in [0.5, 0.6) is 0 Å². The fourth-order valence-electron chi connectivity index (χ4n) is 2.21. The molecule has 21 heavy (non-hydrogen) atoms. The van der Waals surface area contributed by atoms with Gasteiger partial charge in [0.2, 0.25) is 5.91 Å². The lowest BCUT2D eigenvalue weighted by Crippen LogP contribution is -2.63. The first-order chi connectivity index (χ1) is 10.0. The summed E-state index contributed by atoms with van der Waals surface area (Å²) in [7, 11) is 0. The molecule has 7 heteroatoms. The molecule has 0 saturated carbocycles. The molecule has 0 spiro atoms. The Morgan fingerprint density at radius 2 is 1.76 bits per heavy atom. The summed E-state index contributed by atoms with van der Waals surface area (Å²) in [6, 6.07) is 9.01. The Balaban J connectivity index is 1.96. The molecule has 5 N–H and O–H groups in total. The number of aliphatic hydroxyl groups is 4. The number of hydrogen-bond donors (Lipinski definition) is 5. The van der Waals surface area contributed by atoms with Crippen LogP contribution >= 0.6 is 0 Å². The van der Waals surface area contributed by atoms with Crippen LogP contribution in [0.4, 0.5) is 0 Å². The van der Waals surface area contributed by atoms with Crippen LogP contribution in [-0.2, 0) is 16.0 Å². The molecule has 0 aliphatic carbocycles. The van der Waals surface area contributed by atoms with Crippen molar-refractivity contribution < 1.29 is 30.0 Å². The van der Waals surface area contributed by atoms with Crippen molar-refractivity contribution in [2.75, 3.05) is 6.61 Å². The summed E-state index contributed by atoms with van der Waals surface area (Å²) in [6.07, 6.45) is -6.54. The summed E-state index contributed by atoms with van der Waals surface area (Å²) in [5.41, 5.74) is 0.791. The molecule has 7 nitrogen and oxygen atoms in total. The van der Waals surface area contributed by atoms with Crippen molar-refractivity contribution in [3.8, 4) is 0 Å². The van der Waals surface area contributed by atoms with Gasteiger partial charge in [0.25, 0.3) is 0 Å². The quantitative estimate of drug-likeness (QED) is 0.445. The zero-order valence-electron chi connectivity index (χ0n) is 11.3. The van der Waals surface area contributed by atoms with E-state index in [9.17, 15) is 20.1 Å². The normalized spacial score (nSPS) is 32.7. The van der Waals surface area contributed by atoms with E-state index in [2.05, 4.69) is 5.32 Å². The number of hydrogen-bond acceptors (Lipinski definition) is 6. The van der Waals surface area contributed by atoms with Crippen LogP contribution in [0.3, 0.4) is 0 Å². The lowest BCUT2D eigenvalue weighted by molar-refractivity contribution is -0.235. The van der Waals surface area contributed by atoms with E-state index >= 15 is 0 Å². The Bertz CT molecular complexity index is 466. The van der Waals surface area contributed by atoms with Crippen molar-refractivity contribution in [3.63, 3.8) is 0 Å². The van der Waals surface area contributed by atoms with Crippen LogP contribution in [-0.4, -0.2) is 63.6 Å². The highest BCUT2D eigenvalue weighted by atomic mass is 16.6. The van der Waals surface area contributed by atoms with Crippen molar-refractivity contribution in [1.82, 2.24) is 5.32 Å². The van der Waals surface area contributed by atoms with Gasteiger partial charge in [0.1, 0.15) is 24.4 Å². The highest BCUT2D eigenvalue weighted by Crippen LogP contribution is 2.19. The minimum atomic E-state index is -1.50. The van der Waals surface area contributed by atoms with Gasteiger partial charge in [-0.1, -0.05) is 30.3 Å². The van der Waals surface area contributed by atoms with Crippen LogP contribution in [0, 0.1) is 0 Å². The number of rotatable bonds is 4. The van der Waals surface area contributed by atoms with E-state index in [1.807, 2.05) is 6.07 Å². The van der Waals surface area contributed by atoms with Gasteiger partial charge < -0.3 is 30.5 Å². The van der Waals surface area contributed by atoms with Crippen molar-refractivity contribution in [1.29, 1.82) is 0 Å². The zero-order chi connectivity index (χ0) is 15.4. The monoisotopic (exact) mass is 297 g/mol. The minimum Gasteiger partial charge on any atom is -0.394 e. The smallest absolute Gasteiger partial charge is 0.226 e. The second-order valence-corrected chi connectivity index (χ2v) is 4.98. The minimum absolute atomic E-state index is 0.0931. The van der Waals surface area contributed by atoms with Crippen molar-refractivity contribution >= 4 is 5.91 Å². The Morgan fingerprint density at radius 1 is 1.10 bits per heavy atom. The first-order valence-corrected chi connectivity index (χ1v) is 6.66. The van der Waals surface area contributed by atoms with Gasteiger partial charge >= 0.3 is 0 Å². The van der Waals surface area contributed by atoms with Gasteiger partial charge in [-0.05, 0) is 5.56 Å². The summed E-state index contributed by atoms with van der Waals surface area (Å²) in [5.74, 6) is -0.398. The van der Waals surface area contributed by atoms with Crippen molar-refractivity contribution in [2.45, 2.75) is 37.1 Å². The first-order valence-electron chi connectivity index (χ1n) is 6.66. The molecular weight excluding hydrogens is 278 g/mol. The van der Waals surface area contributed by atoms with Gasteiger partial charge in [0, 0.05) is 0 Å². The Hall–Kier alpha value is -1.51. The molecule has 1 fully saturated rings. The average molecular weight is 297 g/mol. The van der Waals surface area contributed by atoms with E-state index in [1.165, 1.54) is 0 Å². The van der Waals surface area contributed by atoms with Gasteiger partial charge in [-0.3, -0.25) is 4.79 Å². The van der Waals surface area contributed by atoms with E-state index in [1.54, 1.807) is 24.3 Å². The number of benzene rings is 1. The summed E-state index contributed by atoms with van der Waals surface area (Å²) < 4.78 is 5.20. The molecule has 5 atom stereocenters. The second-order valence-electron chi connectivity index (χ2n) is 4.98. The Morgan fingerprint density at radius 3 is 2.38 bits per heavy atom. The maximum atomic E-state index is 11.9. The van der Waals surface area contributed by atoms with E-state index in [-0.39, 0.29) is 6.42 Å². The molecule has 2 rings (SSSR count). The summed E-state index contributed by atoms with van der Waals surface area (Å²) in [6.45, 7) is -0.532. The maximum Gasteiger partial charge on any atom is 0.226 e. The number of carbonyl (C=O) groups is 1. The molecule has 1 aromatic carbocycles. The lowest BCUT2D eigenvalue weighted by Gasteiger charge is -2.40. The molecule has 1 aliphatic heterocycles. The third-order valence-corrected chi connectivity index (χ3v) is 3.40. The topological polar surface area (TPSA) is 119 Å². The van der Waals surface area contributed by atoms with Crippen LogP contribution in [0.25, 0.3) is 0 Å². The fourth-order valence-corrected chi connectivity index (χ4v) is 2.21. The van der Waals surface area contributed by atoms with Crippen molar-refractivity contribution in [3.05, 3.63) is 35.9 Å². The fraction of sp³-hybridized carbons (Fsp3) is 0.500. The average Bonchev–Trinajstić information content (AvgIpc) is 2.49. The second kappa shape index (κ2) is 6.97. The SMILES string of the molecule is O=C(Cc1ccccc1)N[C@@H]1O[C@H](CO)[C@@H](O)[C@H](O)[C@H]1O. The predicted molar refractivity (Wildman–Crippen MR) is 72.1 cm³/mol. The summed E-state index contributed by atoms with van der Waals surface area (Å²) in [4.78, 5) is 11.9. The maximum absolute atomic E-state index is 11.9. The van der Waals surface area contributed by atoms with Crippen LogP contribution in [0.2, 0.25) is 0 Å². The molecule has 116 valence electrons. The largest absolute Gasteiger partial charge is 0.394 e. The van der Waals surface area contributed by atoms with Crippen LogP contribution < -0.4 is 5.32 Å². The highest BCUT2D eigenvalue weighted by molar-refractivity contribution is 5.78. The lowest BCUT2D eigenvalue weighted by atomic mass is 9.98. The van der Waals surface area contributed by atoms with E-state index in [4.69, 9.17) is 9.84 Å². The molecule has 1 heterocycles. The van der Waals surface area contributed by atoms with Crippen LogP contribution in [0.15, 0.2) is 30.3 Å². The molecule has 1 aromatic rings. The van der Waals surface area contributed by atoms with Gasteiger partial charge in [0.05, 0.1) is 13.0 Å². The zero-order valence-corrected chi connectivity index (χ0v) is 11.3. The predicted octanol–water partition coefficient (Wildman–Crippen LogP) is -1.85. The van der Waals surface area contributed by atoms with E-state index in [0.717, 1.165) is 5.56 Å².